The Kier molecular flexibility index (Phi) is 9.97. The summed E-state index contributed by atoms with van der Waals surface area (Å²) in [5.41, 5.74) is 0. The van der Waals surface area contributed by atoms with Crippen molar-refractivity contribution >= 4 is 17.9 Å². The number of esters is 1. The molecule has 0 saturated heterocycles. The number of hydrogen-bond acceptors (Lipinski definition) is 6. The lowest BCUT2D eigenvalue weighted by Gasteiger charge is -2.23. The molecule has 3 amide bonds. The van der Waals surface area contributed by atoms with Gasteiger partial charge in [-0.05, 0) is 45.2 Å². The van der Waals surface area contributed by atoms with E-state index in [9.17, 15) is 14.4 Å². The van der Waals surface area contributed by atoms with Gasteiger partial charge in [-0.2, -0.15) is 0 Å². The van der Waals surface area contributed by atoms with Crippen LogP contribution in [0.4, 0.5) is 4.79 Å². The van der Waals surface area contributed by atoms with E-state index in [0.717, 1.165) is 25.7 Å². The van der Waals surface area contributed by atoms with Crippen LogP contribution in [-0.4, -0.2) is 43.3 Å². The van der Waals surface area contributed by atoms with Crippen molar-refractivity contribution in [2.45, 2.75) is 70.9 Å². The third kappa shape index (κ3) is 8.31. The van der Waals surface area contributed by atoms with Gasteiger partial charge in [0, 0.05) is 12.5 Å². The Morgan fingerprint density at radius 1 is 1.07 bits per heavy atom. The maximum absolute atomic E-state index is 12.1. The molecular formula is C22H32N2O6. The first-order valence-electron chi connectivity index (χ1n) is 10.6. The van der Waals surface area contributed by atoms with Crippen LogP contribution in [-0.2, 0) is 14.3 Å². The molecule has 0 aromatic heterocycles. The highest BCUT2D eigenvalue weighted by Crippen LogP contribution is 2.26. The van der Waals surface area contributed by atoms with Gasteiger partial charge in [0.15, 0.2) is 17.6 Å². The Balaban J connectivity index is 1.63. The highest BCUT2D eigenvalue weighted by Gasteiger charge is 2.22. The Morgan fingerprint density at radius 3 is 2.40 bits per heavy atom. The Hall–Kier alpha value is -2.77. The second-order valence-corrected chi connectivity index (χ2v) is 7.26. The minimum atomic E-state index is -1.05. The first-order valence-corrected chi connectivity index (χ1v) is 10.6. The summed E-state index contributed by atoms with van der Waals surface area (Å²) in [6, 6.07) is 6.87. The number of rotatable bonds is 10. The molecule has 0 radical (unpaired) electrons. The summed E-state index contributed by atoms with van der Waals surface area (Å²) in [7, 11) is 0. The number of imide groups is 1. The molecule has 166 valence electrons. The van der Waals surface area contributed by atoms with E-state index in [2.05, 4.69) is 10.6 Å². The summed E-state index contributed by atoms with van der Waals surface area (Å²) < 4.78 is 16.2. The number of para-hydroxylation sites is 2. The molecule has 2 N–H and O–H groups in total. The lowest BCUT2D eigenvalue weighted by Crippen LogP contribution is -2.48. The van der Waals surface area contributed by atoms with Gasteiger partial charge in [0.05, 0.1) is 13.2 Å². The lowest BCUT2D eigenvalue weighted by molar-refractivity contribution is -0.154. The van der Waals surface area contributed by atoms with Crippen LogP contribution in [0.1, 0.15) is 58.8 Å². The van der Waals surface area contributed by atoms with Gasteiger partial charge in [-0.15, -0.1) is 0 Å². The van der Waals surface area contributed by atoms with Gasteiger partial charge in [-0.1, -0.05) is 31.4 Å². The fourth-order valence-corrected chi connectivity index (χ4v) is 3.23. The molecule has 1 aromatic rings. The summed E-state index contributed by atoms with van der Waals surface area (Å²) in [6.07, 6.45) is 4.65. The molecule has 1 fully saturated rings. The summed E-state index contributed by atoms with van der Waals surface area (Å²) in [6.45, 7) is 4.18. The molecule has 0 heterocycles. The smallest absolute Gasteiger partial charge is 0.321 e. The predicted octanol–water partition coefficient (Wildman–Crippen LogP) is 3.33. The molecule has 0 bridgehead atoms. The van der Waals surface area contributed by atoms with Crippen molar-refractivity contribution in [2.75, 3.05) is 13.2 Å². The summed E-state index contributed by atoms with van der Waals surface area (Å²) in [4.78, 5) is 35.9. The number of benzene rings is 1. The van der Waals surface area contributed by atoms with Gasteiger partial charge in [-0.3, -0.25) is 14.9 Å². The number of urea groups is 1. The first-order chi connectivity index (χ1) is 14.5. The standard InChI is InChI=1S/C22H32N2O6/c1-3-28-18-12-7-8-13-19(18)29-15-9-14-20(25)30-16(2)21(26)24-22(27)23-17-10-5-4-6-11-17/h7-8,12-13,16-17H,3-6,9-11,14-15H2,1-2H3,(H2,23,24,26,27)/t16-/m1/s1. The van der Waals surface area contributed by atoms with Crippen molar-refractivity contribution in [3.8, 4) is 11.5 Å². The molecule has 2 rings (SSSR count). The van der Waals surface area contributed by atoms with Crippen molar-refractivity contribution in [2.24, 2.45) is 0 Å². The third-order valence-electron chi connectivity index (χ3n) is 4.79. The molecule has 1 atom stereocenters. The van der Waals surface area contributed by atoms with E-state index in [4.69, 9.17) is 14.2 Å². The van der Waals surface area contributed by atoms with Crippen molar-refractivity contribution in [1.82, 2.24) is 10.6 Å². The van der Waals surface area contributed by atoms with Gasteiger partial charge in [-0.25, -0.2) is 4.79 Å². The van der Waals surface area contributed by atoms with Crippen molar-refractivity contribution in [3.05, 3.63) is 24.3 Å². The molecule has 1 aromatic carbocycles. The van der Waals surface area contributed by atoms with Gasteiger partial charge in [0.1, 0.15) is 0 Å². The molecule has 0 unspecified atom stereocenters. The molecule has 0 spiro atoms. The van der Waals surface area contributed by atoms with Crippen LogP contribution < -0.4 is 20.1 Å². The minimum Gasteiger partial charge on any atom is -0.490 e. The Morgan fingerprint density at radius 2 is 1.73 bits per heavy atom. The molecule has 1 aliphatic carbocycles. The second-order valence-electron chi connectivity index (χ2n) is 7.26. The van der Waals surface area contributed by atoms with Crippen LogP contribution in [0.2, 0.25) is 0 Å². The van der Waals surface area contributed by atoms with E-state index in [1.165, 1.54) is 13.3 Å². The highest BCUT2D eigenvalue weighted by molar-refractivity contribution is 5.97. The van der Waals surface area contributed by atoms with Gasteiger partial charge >= 0.3 is 12.0 Å². The van der Waals surface area contributed by atoms with Gasteiger partial charge in [0.2, 0.25) is 0 Å². The number of carbonyl (C=O) groups excluding carboxylic acids is 3. The van der Waals surface area contributed by atoms with Crippen LogP contribution >= 0.6 is 0 Å². The van der Waals surface area contributed by atoms with Crippen molar-refractivity contribution < 1.29 is 28.6 Å². The molecule has 1 saturated carbocycles. The number of hydrogen-bond donors (Lipinski definition) is 2. The quantitative estimate of drug-likeness (QED) is 0.445. The van der Waals surface area contributed by atoms with Crippen LogP contribution in [0.15, 0.2) is 24.3 Å². The highest BCUT2D eigenvalue weighted by atomic mass is 16.5. The fraction of sp³-hybridized carbons (Fsp3) is 0.591. The summed E-state index contributed by atoms with van der Waals surface area (Å²) in [5, 5.41) is 5.03. The summed E-state index contributed by atoms with van der Waals surface area (Å²) in [5.74, 6) is 0.106. The minimum absolute atomic E-state index is 0.0947. The zero-order valence-corrected chi connectivity index (χ0v) is 17.8. The van der Waals surface area contributed by atoms with E-state index >= 15 is 0 Å². The number of carbonyl (C=O) groups is 3. The average Bonchev–Trinajstić information content (AvgIpc) is 2.73. The van der Waals surface area contributed by atoms with Crippen molar-refractivity contribution in [1.29, 1.82) is 0 Å². The monoisotopic (exact) mass is 420 g/mol. The lowest BCUT2D eigenvalue weighted by atomic mass is 9.96. The zero-order chi connectivity index (χ0) is 21.8. The number of nitrogens with one attached hydrogen (secondary N) is 2. The Bertz CT molecular complexity index is 703. The van der Waals surface area contributed by atoms with Gasteiger partial charge in [0.25, 0.3) is 5.91 Å². The molecule has 0 aliphatic heterocycles. The average molecular weight is 421 g/mol. The predicted molar refractivity (Wildman–Crippen MR) is 111 cm³/mol. The Labute approximate surface area is 177 Å². The second kappa shape index (κ2) is 12.7. The molecular weight excluding hydrogens is 388 g/mol. The molecule has 8 nitrogen and oxygen atoms in total. The molecule has 8 heteroatoms. The van der Waals surface area contributed by atoms with E-state index in [1.807, 2.05) is 25.1 Å². The molecule has 30 heavy (non-hydrogen) atoms. The zero-order valence-electron chi connectivity index (χ0n) is 17.8. The summed E-state index contributed by atoms with van der Waals surface area (Å²) >= 11 is 0. The van der Waals surface area contributed by atoms with Crippen LogP contribution in [0.5, 0.6) is 11.5 Å². The van der Waals surface area contributed by atoms with Gasteiger partial charge < -0.3 is 19.5 Å². The van der Waals surface area contributed by atoms with E-state index in [1.54, 1.807) is 6.07 Å². The fourth-order valence-electron chi connectivity index (χ4n) is 3.23. The van der Waals surface area contributed by atoms with Crippen LogP contribution in [0, 0.1) is 0 Å². The normalized spacial score (nSPS) is 15.0. The first kappa shape index (κ1) is 23.5. The number of ether oxygens (including phenoxy) is 3. The topological polar surface area (TPSA) is 103 Å². The third-order valence-corrected chi connectivity index (χ3v) is 4.79. The van der Waals surface area contributed by atoms with Crippen LogP contribution in [0.3, 0.4) is 0 Å². The largest absolute Gasteiger partial charge is 0.490 e. The SMILES string of the molecule is CCOc1ccccc1OCCCC(=O)O[C@H](C)C(=O)NC(=O)NC1CCCCC1. The number of amides is 3. The van der Waals surface area contributed by atoms with E-state index < -0.39 is 24.0 Å². The van der Waals surface area contributed by atoms with E-state index in [0.29, 0.717) is 31.1 Å². The van der Waals surface area contributed by atoms with Crippen LogP contribution in [0.25, 0.3) is 0 Å². The van der Waals surface area contributed by atoms with E-state index in [-0.39, 0.29) is 12.5 Å². The van der Waals surface area contributed by atoms with Crippen molar-refractivity contribution in [3.63, 3.8) is 0 Å². The maximum Gasteiger partial charge on any atom is 0.321 e. The maximum atomic E-state index is 12.1. The molecule has 1 aliphatic rings.